The number of rotatable bonds is 4. The Kier molecular flexibility index (Phi) is 4.32. The number of amides is 1. The predicted octanol–water partition coefficient (Wildman–Crippen LogP) is 3.12. The molecule has 0 saturated carbocycles. The Bertz CT molecular complexity index is 945. The Hall–Kier alpha value is -2.89. The van der Waals surface area contributed by atoms with Gasteiger partial charge in [-0.3, -0.25) is 4.79 Å². The third-order valence-electron chi connectivity index (χ3n) is 4.95. The van der Waals surface area contributed by atoms with Crippen molar-refractivity contribution < 1.29 is 9.21 Å². The van der Waals surface area contributed by atoms with E-state index in [1.54, 1.807) is 6.33 Å². The summed E-state index contributed by atoms with van der Waals surface area (Å²) in [5, 5.41) is 4.04. The van der Waals surface area contributed by atoms with Gasteiger partial charge in [-0.15, -0.1) is 0 Å². The van der Waals surface area contributed by atoms with Crippen LogP contribution >= 0.6 is 0 Å². The number of para-hydroxylation sites is 1. The highest BCUT2D eigenvalue weighted by molar-refractivity contribution is 5.93. The van der Waals surface area contributed by atoms with Crippen LogP contribution in [0.2, 0.25) is 0 Å². The molecular weight excluding hydrogens is 328 g/mol. The Morgan fingerprint density at radius 3 is 2.96 bits per heavy atom. The van der Waals surface area contributed by atoms with Gasteiger partial charge in [-0.25, -0.2) is 9.97 Å². The molecule has 1 aliphatic heterocycles. The topological polar surface area (TPSA) is 71.3 Å². The summed E-state index contributed by atoms with van der Waals surface area (Å²) >= 11 is 0. The number of fused-ring (bicyclic) bond motifs is 1. The number of furan rings is 1. The number of anilines is 1. The molecule has 1 saturated heterocycles. The molecule has 6 nitrogen and oxygen atoms in total. The first-order valence-electron chi connectivity index (χ1n) is 8.93. The van der Waals surface area contributed by atoms with Crippen molar-refractivity contribution in [2.45, 2.75) is 39.3 Å². The van der Waals surface area contributed by atoms with E-state index in [4.69, 9.17) is 4.42 Å². The molecule has 3 aromatic rings. The third-order valence-corrected chi connectivity index (χ3v) is 4.95. The fourth-order valence-electron chi connectivity index (χ4n) is 3.67. The van der Waals surface area contributed by atoms with Crippen LogP contribution in [0.15, 0.2) is 41.1 Å². The van der Waals surface area contributed by atoms with E-state index in [1.165, 1.54) is 0 Å². The highest BCUT2D eigenvalue weighted by Crippen LogP contribution is 2.29. The van der Waals surface area contributed by atoms with Gasteiger partial charge in [0.25, 0.3) is 0 Å². The number of nitrogens with zero attached hydrogens (tertiary/aromatic N) is 3. The van der Waals surface area contributed by atoms with Gasteiger partial charge in [-0.1, -0.05) is 12.1 Å². The summed E-state index contributed by atoms with van der Waals surface area (Å²) in [6, 6.07) is 9.68. The average molecular weight is 350 g/mol. The number of nitrogens with one attached hydrogen (secondary N) is 1. The van der Waals surface area contributed by atoms with Gasteiger partial charge >= 0.3 is 0 Å². The standard InChI is InChI=1S/C20H22N4O2/c1-13-10-15(14(2)26-13)11-21-20(25)18-8-5-9-24(18)19-16-6-3-4-7-17(16)22-12-23-19/h3-4,6-7,10,12,18H,5,8-9,11H2,1-2H3,(H,21,25). The first-order chi connectivity index (χ1) is 12.6. The molecule has 4 rings (SSSR count). The van der Waals surface area contributed by atoms with Crippen LogP contribution in [0.1, 0.15) is 29.9 Å². The maximum atomic E-state index is 12.8. The lowest BCUT2D eigenvalue weighted by Crippen LogP contribution is -2.43. The summed E-state index contributed by atoms with van der Waals surface area (Å²) in [6.07, 6.45) is 3.37. The van der Waals surface area contributed by atoms with Crippen molar-refractivity contribution in [1.82, 2.24) is 15.3 Å². The molecule has 134 valence electrons. The van der Waals surface area contributed by atoms with Crippen molar-refractivity contribution >= 4 is 22.6 Å². The van der Waals surface area contributed by atoms with Crippen molar-refractivity contribution in [3.05, 3.63) is 53.7 Å². The van der Waals surface area contributed by atoms with Crippen LogP contribution in [0.3, 0.4) is 0 Å². The molecule has 6 heteroatoms. The minimum Gasteiger partial charge on any atom is -0.466 e. The molecule has 0 spiro atoms. The molecule has 1 aliphatic rings. The monoisotopic (exact) mass is 350 g/mol. The Balaban J connectivity index is 1.54. The summed E-state index contributed by atoms with van der Waals surface area (Å²) in [5.74, 6) is 2.58. The fourth-order valence-corrected chi connectivity index (χ4v) is 3.67. The van der Waals surface area contributed by atoms with Gasteiger partial charge in [0.05, 0.1) is 5.52 Å². The van der Waals surface area contributed by atoms with E-state index < -0.39 is 0 Å². The highest BCUT2D eigenvalue weighted by Gasteiger charge is 2.32. The summed E-state index contributed by atoms with van der Waals surface area (Å²) < 4.78 is 5.53. The van der Waals surface area contributed by atoms with Crippen LogP contribution in [0.5, 0.6) is 0 Å². The van der Waals surface area contributed by atoms with Crippen LogP contribution in [0, 0.1) is 13.8 Å². The summed E-state index contributed by atoms with van der Waals surface area (Å²) in [6.45, 7) is 5.14. The summed E-state index contributed by atoms with van der Waals surface area (Å²) in [5.41, 5.74) is 1.92. The minimum absolute atomic E-state index is 0.0310. The van der Waals surface area contributed by atoms with Crippen LogP contribution < -0.4 is 10.2 Å². The smallest absolute Gasteiger partial charge is 0.243 e. The SMILES string of the molecule is Cc1cc(CNC(=O)C2CCCN2c2ncnc3ccccc23)c(C)o1. The Morgan fingerprint density at radius 2 is 2.15 bits per heavy atom. The molecule has 1 atom stereocenters. The molecule has 0 radical (unpaired) electrons. The number of carbonyl (C=O) groups is 1. The van der Waals surface area contributed by atoms with Crippen LogP contribution in [0.25, 0.3) is 10.9 Å². The number of aromatic nitrogens is 2. The number of hydrogen-bond acceptors (Lipinski definition) is 5. The molecule has 1 N–H and O–H groups in total. The molecule has 3 heterocycles. The number of benzene rings is 1. The molecule has 2 aromatic heterocycles. The van der Waals surface area contributed by atoms with Gasteiger partial charge in [-0.05, 0) is 44.9 Å². The second-order valence-corrected chi connectivity index (χ2v) is 6.72. The number of carbonyl (C=O) groups excluding carboxylic acids is 1. The molecule has 1 amide bonds. The van der Waals surface area contributed by atoms with Crippen molar-refractivity contribution in [2.75, 3.05) is 11.4 Å². The van der Waals surface area contributed by atoms with E-state index in [0.29, 0.717) is 6.54 Å². The number of hydrogen-bond donors (Lipinski definition) is 1. The minimum atomic E-state index is -0.207. The molecule has 1 aromatic carbocycles. The van der Waals surface area contributed by atoms with Crippen molar-refractivity contribution in [3.8, 4) is 0 Å². The first kappa shape index (κ1) is 16.6. The molecule has 0 aliphatic carbocycles. The summed E-state index contributed by atoms with van der Waals surface area (Å²) in [7, 11) is 0. The van der Waals surface area contributed by atoms with Crippen molar-refractivity contribution in [1.29, 1.82) is 0 Å². The molecular formula is C20H22N4O2. The van der Waals surface area contributed by atoms with E-state index in [1.807, 2.05) is 44.2 Å². The van der Waals surface area contributed by atoms with E-state index >= 15 is 0 Å². The Morgan fingerprint density at radius 1 is 1.31 bits per heavy atom. The fraction of sp³-hybridized carbons (Fsp3) is 0.350. The molecule has 1 unspecified atom stereocenters. The normalized spacial score (nSPS) is 17.0. The van der Waals surface area contributed by atoms with Crippen molar-refractivity contribution in [3.63, 3.8) is 0 Å². The van der Waals surface area contributed by atoms with Gasteiger partial charge in [0, 0.05) is 24.0 Å². The van der Waals surface area contributed by atoms with E-state index in [-0.39, 0.29) is 11.9 Å². The molecule has 0 bridgehead atoms. The van der Waals surface area contributed by atoms with E-state index in [0.717, 1.165) is 53.2 Å². The first-order valence-corrected chi connectivity index (χ1v) is 8.93. The van der Waals surface area contributed by atoms with E-state index in [2.05, 4.69) is 20.2 Å². The molecule has 1 fully saturated rings. The van der Waals surface area contributed by atoms with Crippen molar-refractivity contribution in [2.24, 2.45) is 0 Å². The van der Waals surface area contributed by atoms with Gasteiger partial charge < -0.3 is 14.6 Å². The Labute approximate surface area is 152 Å². The molecule has 26 heavy (non-hydrogen) atoms. The average Bonchev–Trinajstić information content (AvgIpc) is 3.25. The zero-order chi connectivity index (χ0) is 18.1. The zero-order valence-corrected chi connectivity index (χ0v) is 15.0. The van der Waals surface area contributed by atoms with Gasteiger partial charge in [0.2, 0.25) is 5.91 Å². The third kappa shape index (κ3) is 3.03. The zero-order valence-electron chi connectivity index (χ0n) is 15.0. The van der Waals surface area contributed by atoms with Gasteiger partial charge in [-0.2, -0.15) is 0 Å². The highest BCUT2D eigenvalue weighted by atomic mass is 16.3. The lowest BCUT2D eigenvalue weighted by molar-refractivity contribution is -0.122. The van der Waals surface area contributed by atoms with Gasteiger partial charge in [0.15, 0.2) is 0 Å². The quantitative estimate of drug-likeness (QED) is 0.783. The summed E-state index contributed by atoms with van der Waals surface area (Å²) in [4.78, 5) is 23.7. The lowest BCUT2D eigenvalue weighted by Gasteiger charge is -2.25. The maximum absolute atomic E-state index is 12.8. The maximum Gasteiger partial charge on any atom is 0.243 e. The largest absolute Gasteiger partial charge is 0.466 e. The van der Waals surface area contributed by atoms with Crippen LogP contribution in [-0.4, -0.2) is 28.5 Å². The van der Waals surface area contributed by atoms with E-state index in [9.17, 15) is 4.79 Å². The second-order valence-electron chi connectivity index (χ2n) is 6.72. The predicted molar refractivity (Wildman–Crippen MR) is 99.9 cm³/mol. The van der Waals surface area contributed by atoms with Crippen LogP contribution in [-0.2, 0) is 11.3 Å². The second kappa shape index (κ2) is 6.78. The lowest BCUT2D eigenvalue weighted by atomic mass is 10.1. The van der Waals surface area contributed by atoms with Gasteiger partial charge in [0.1, 0.15) is 29.7 Å². The number of aryl methyl sites for hydroxylation is 2. The van der Waals surface area contributed by atoms with Crippen LogP contribution in [0.4, 0.5) is 5.82 Å².